The molecule has 2 rings (SSSR count). The molecule has 0 N–H and O–H groups in total. The summed E-state index contributed by atoms with van der Waals surface area (Å²) in [5, 5.41) is 8.72. The second-order valence-electron chi connectivity index (χ2n) is 5.09. The summed E-state index contributed by atoms with van der Waals surface area (Å²) in [6.07, 6.45) is 1.17. The van der Waals surface area contributed by atoms with Crippen molar-refractivity contribution in [2.75, 3.05) is 27.1 Å². The van der Waals surface area contributed by atoms with E-state index in [1.165, 1.54) is 13.4 Å². The van der Waals surface area contributed by atoms with Gasteiger partial charge >= 0.3 is 0 Å². The van der Waals surface area contributed by atoms with Crippen molar-refractivity contribution in [1.29, 1.82) is 5.26 Å². The molecule has 0 amide bonds. The van der Waals surface area contributed by atoms with E-state index in [1.54, 1.807) is 31.4 Å². The van der Waals surface area contributed by atoms with Gasteiger partial charge in [0.15, 0.2) is 9.84 Å². The molecule has 5 nitrogen and oxygen atoms in total. The second kappa shape index (κ2) is 5.08. The van der Waals surface area contributed by atoms with Crippen LogP contribution in [-0.2, 0) is 14.6 Å². The minimum absolute atomic E-state index is 0.109. The third-order valence-corrected chi connectivity index (χ3v) is 5.40. The van der Waals surface area contributed by atoms with Crippen molar-refractivity contribution >= 4 is 9.84 Å². The highest BCUT2D eigenvalue weighted by atomic mass is 32.2. The Morgan fingerprint density at radius 2 is 1.90 bits per heavy atom. The molecule has 0 saturated heterocycles. The molecule has 1 saturated carbocycles. The van der Waals surface area contributed by atoms with E-state index in [9.17, 15) is 13.7 Å². The van der Waals surface area contributed by atoms with Crippen LogP contribution in [0.2, 0.25) is 0 Å². The standard InChI is InChI=1S/C14H17NO4S/c1-18-9-14(8-15)12(13(14)20(3,16)17)10-4-6-11(19-2)7-5-10/h4-7,12-13H,9H2,1-3H3/t12-,13+,14+/m0/s1. The zero-order valence-electron chi connectivity index (χ0n) is 11.7. The molecule has 0 spiro atoms. The van der Waals surface area contributed by atoms with Crippen molar-refractivity contribution in [1.82, 2.24) is 0 Å². The Balaban J connectivity index is 2.41. The zero-order chi connectivity index (χ0) is 15.0. The van der Waals surface area contributed by atoms with Crippen molar-refractivity contribution in [3.8, 4) is 11.8 Å². The third kappa shape index (κ3) is 2.28. The minimum Gasteiger partial charge on any atom is -0.497 e. The minimum atomic E-state index is -3.32. The Hall–Kier alpha value is -1.58. The van der Waals surface area contributed by atoms with E-state index in [-0.39, 0.29) is 12.5 Å². The van der Waals surface area contributed by atoms with Crippen LogP contribution in [-0.4, -0.2) is 40.7 Å². The van der Waals surface area contributed by atoms with E-state index in [0.29, 0.717) is 5.75 Å². The summed E-state index contributed by atoms with van der Waals surface area (Å²) in [4.78, 5) is 0. The lowest BCUT2D eigenvalue weighted by atomic mass is 10.0. The average molecular weight is 295 g/mol. The van der Waals surface area contributed by atoms with Gasteiger partial charge in [-0.25, -0.2) is 8.42 Å². The van der Waals surface area contributed by atoms with Crippen LogP contribution in [0.4, 0.5) is 0 Å². The Kier molecular flexibility index (Phi) is 3.76. The van der Waals surface area contributed by atoms with Gasteiger partial charge in [-0.05, 0) is 17.7 Å². The number of ether oxygens (including phenoxy) is 2. The van der Waals surface area contributed by atoms with Crippen LogP contribution in [0.3, 0.4) is 0 Å². The lowest BCUT2D eigenvalue weighted by molar-refractivity contribution is 0.162. The normalized spacial score (nSPS) is 28.7. The SMILES string of the molecule is COC[C@@]1(C#N)[C@H](S(C)(=O)=O)[C@@H]1c1ccc(OC)cc1. The molecule has 0 radical (unpaired) electrons. The lowest BCUT2D eigenvalue weighted by Gasteiger charge is -2.07. The third-order valence-electron chi connectivity index (χ3n) is 3.78. The van der Waals surface area contributed by atoms with Gasteiger partial charge in [0.25, 0.3) is 0 Å². The molecular weight excluding hydrogens is 278 g/mol. The van der Waals surface area contributed by atoms with Crippen molar-refractivity contribution in [3.63, 3.8) is 0 Å². The summed E-state index contributed by atoms with van der Waals surface area (Å²) in [6.45, 7) is 0.109. The van der Waals surface area contributed by atoms with E-state index in [4.69, 9.17) is 9.47 Å². The van der Waals surface area contributed by atoms with Crippen LogP contribution < -0.4 is 4.74 Å². The van der Waals surface area contributed by atoms with Gasteiger partial charge in [-0.15, -0.1) is 0 Å². The maximum Gasteiger partial charge on any atom is 0.152 e. The Labute approximate surface area is 119 Å². The monoisotopic (exact) mass is 295 g/mol. The van der Waals surface area contributed by atoms with Crippen LogP contribution in [0.1, 0.15) is 11.5 Å². The second-order valence-corrected chi connectivity index (χ2v) is 7.25. The van der Waals surface area contributed by atoms with E-state index in [2.05, 4.69) is 6.07 Å². The quantitative estimate of drug-likeness (QED) is 0.820. The number of methoxy groups -OCH3 is 2. The Morgan fingerprint density at radius 3 is 2.30 bits per heavy atom. The van der Waals surface area contributed by atoms with Crippen molar-refractivity contribution in [2.45, 2.75) is 11.2 Å². The molecule has 0 aliphatic heterocycles. The highest BCUT2D eigenvalue weighted by molar-refractivity contribution is 7.91. The fraction of sp³-hybridized carbons (Fsp3) is 0.500. The molecule has 1 aliphatic rings. The van der Waals surface area contributed by atoms with E-state index < -0.39 is 20.5 Å². The van der Waals surface area contributed by atoms with Gasteiger partial charge in [-0.3, -0.25) is 0 Å². The van der Waals surface area contributed by atoms with Gasteiger partial charge in [-0.1, -0.05) is 12.1 Å². The molecule has 0 aromatic heterocycles. The molecule has 1 aromatic rings. The molecule has 3 atom stereocenters. The van der Waals surface area contributed by atoms with Crippen LogP contribution >= 0.6 is 0 Å². The van der Waals surface area contributed by atoms with E-state index >= 15 is 0 Å². The van der Waals surface area contributed by atoms with Gasteiger partial charge < -0.3 is 9.47 Å². The van der Waals surface area contributed by atoms with Crippen LogP contribution in [0.25, 0.3) is 0 Å². The van der Waals surface area contributed by atoms with Gasteiger partial charge in [0.2, 0.25) is 0 Å². The van der Waals surface area contributed by atoms with Gasteiger partial charge in [0.1, 0.15) is 11.2 Å². The predicted molar refractivity (Wildman–Crippen MR) is 74.3 cm³/mol. The first-order chi connectivity index (χ1) is 9.40. The van der Waals surface area contributed by atoms with E-state index in [1.807, 2.05) is 0 Å². The summed E-state index contributed by atoms with van der Waals surface area (Å²) in [5.74, 6) is 0.341. The summed E-state index contributed by atoms with van der Waals surface area (Å²) in [6, 6.07) is 9.29. The average Bonchev–Trinajstić information content (AvgIpc) is 3.09. The van der Waals surface area contributed by atoms with E-state index in [0.717, 1.165) is 5.56 Å². The highest BCUT2D eigenvalue weighted by Crippen LogP contribution is 2.62. The van der Waals surface area contributed by atoms with Crippen LogP contribution in [0, 0.1) is 16.7 Å². The maximum atomic E-state index is 11.9. The molecule has 0 heterocycles. The molecular formula is C14H17NO4S. The largest absolute Gasteiger partial charge is 0.497 e. The predicted octanol–water partition coefficient (Wildman–Crippen LogP) is 1.36. The smallest absolute Gasteiger partial charge is 0.152 e. The number of hydrogen-bond acceptors (Lipinski definition) is 5. The van der Waals surface area contributed by atoms with Crippen molar-refractivity contribution < 1.29 is 17.9 Å². The lowest BCUT2D eigenvalue weighted by Crippen LogP contribution is -2.17. The summed E-state index contributed by atoms with van der Waals surface area (Å²) in [7, 11) is -0.279. The first-order valence-electron chi connectivity index (χ1n) is 6.13. The summed E-state index contributed by atoms with van der Waals surface area (Å²) < 4.78 is 34.0. The number of hydrogen-bond donors (Lipinski definition) is 0. The molecule has 1 aromatic carbocycles. The molecule has 1 aliphatic carbocycles. The van der Waals surface area contributed by atoms with Crippen molar-refractivity contribution in [3.05, 3.63) is 29.8 Å². The fourth-order valence-corrected chi connectivity index (χ4v) is 4.74. The number of nitrogens with zero attached hydrogens (tertiary/aromatic N) is 1. The van der Waals surface area contributed by atoms with Crippen LogP contribution in [0.5, 0.6) is 5.75 Å². The molecule has 0 unspecified atom stereocenters. The number of sulfone groups is 1. The molecule has 6 heteroatoms. The van der Waals surface area contributed by atoms with Gasteiger partial charge in [-0.2, -0.15) is 5.26 Å². The van der Waals surface area contributed by atoms with Crippen LogP contribution in [0.15, 0.2) is 24.3 Å². The summed E-state index contributed by atoms with van der Waals surface area (Å²) >= 11 is 0. The molecule has 20 heavy (non-hydrogen) atoms. The zero-order valence-corrected chi connectivity index (χ0v) is 12.5. The molecule has 108 valence electrons. The molecule has 1 fully saturated rings. The van der Waals surface area contributed by atoms with Gasteiger partial charge in [0.05, 0.1) is 25.0 Å². The number of benzene rings is 1. The molecule has 0 bridgehead atoms. The number of nitriles is 1. The first kappa shape index (κ1) is 14.8. The first-order valence-corrected chi connectivity index (χ1v) is 8.09. The highest BCUT2D eigenvalue weighted by Gasteiger charge is 2.71. The number of rotatable bonds is 5. The van der Waals surface area contributed by atoms with Crippen molar-refractivity contribution in [2.24, 2.45) is 5.41 Å². The Morgan fingerprint density at radius 1 is 1.30 bits per heavy atom. The van der Waals surface area contributed by atoms with Gasteiger partial charge in [0, 0.05) is 19.3 Å². The fourth-order valence-electron chi connectivity index (χ4n) is 2.89. The topological polar surface area (TPSA) is 76.4 Å². The maximum absolute atomic E-state index is 11.9. The Bertz CT molecular complexity index is 632. The summed E-state index contributed by atoms with van der Waals surface area (Å²) in [5.41, 5.74) is -0.170.